The summed E-state index contributed by atoms with van der Waals surface area (Å²) in [6.45, 7) is 5.73. The Hall–Kier alpha value is -7.01. The van der Waals surface area contributed by atoms with Crippen LogP contribution in [0, 0.1) is 46.0 Å². The van der Waals surface area contributed by atoms with Gasteiger partial charge in [-0.05, 0) is 81.1 Å². The van der Waals surface area contributed by atoms with Gasteiger partial charge >= 0.3 is 24.4 Å². The maximum absolute atomic E-state index is 15.1. The monoisotopic (exact) mass is 1130 g/mol. The van der Waals surface area contributed by atoms with E-state index in [-0.39, 0.29) is 17.7 Å². The molecule has 6 N–H and O–H groups in total. The number of carbonyl (C=O) groups excluding carboxylic acids is 4. The molecule has 2 aromatic carbocycles. The summed E-state index contributed by atoms with van der Waals surface area (Å²) >= 11 is 0. The molecule has 2 bridgehead atoms. The third-order valence-electron chi connectivity index (χ3n) is 14.7. The number of methoxy groups -OCH3 is 2. The number of aliphatic hydroxyl groups is 1. The molecule has 4 aromatic rings. The first-order chi connectivity index (χ1) is 37.5. The SMILES string of the molecule is COC(=O)C[C@H](C(N)=O)C(C)(C)C(F)(F)F.COC(=O)N[C@H](C(=O)N[C@@H](Cc1ccc(C#Cc2ccc(N3CC4CCC(C3)N4C3COC3)nc2)cc1)[C@@H](O)CNCc1c(F)cc(-c2cc(F)ccn2)cc1F)C(C)(C)C(F)(F)F. The lowest BCUT2D eigenvalue weighted by Gasteiger charge is -2.47. The number of alkyl halides is 6. The summed E-state index contributed by atoms with van der Waals surface area (Å²) in [5.74, 6) is -0.477. The Bertz CT molecular complexity index is 2840. The number of ether oxygens (including phenoxy) is 3. The Morgan fingerprint density at radius 1 is 0.800 bits per heavy atom. The van der Waals surface area contributed by atoms with Crippen LogP contribution in [0.1, 0.15) is 69.2 Å². The molecule has 6 atom stereocenters. The van der Waals surface area contributed by atoms with E-state index in [0.29, 0.717) is 34.8 Å². The lowest BCUT2D eigenvalue weighted by molar-refractivity contribution is -0.229. The van der Waals surface area contributed by atoms with E-state index in [1.165, 1.54) is 12.8 Å². The van der Waals surface area contributed by atoms with Crippen molar-refractivity contribution in [3.63, 3.8) is 0 Å². The summed E-state index contributed by atoms with van der Waals surface area (Å²) in [6.07, 6.45) is -7.98. The minimum absolute atomic E-state index is 0.00684. The van der Waals surface area contributed by atoms with E-state index in [0.717, 1.165) is 104 Å². The van der Waals surface area contributed by atoms with Crippen molar-refractivity contribution in [3.05, 3.63) is 113 Å². The minimum atomic E-state index is -4.96. The number of amides is 3. The summed E-state index contributed by atoms with van der Waals surface area (Å²) < 4.78 is 139. The van der Waals surface area contributed by atoms with Crippen molar-refractivity contribution in [2.24, 2.45) is 22.5 Å². The second-order valence-electron chi connectivity index (χ2n) is 20.8. The average molecular weight is 1140 g/mol. The minimum Gasteiger partial charge on any atom is -0.469 e. The molecule has 434 valence electrons. The molecule has 3 saturated heterocycles. The van der Waals surface area contributed by atoms with Gasteiger partial charge in [0.1, 0.15) is 29.3 Å². The molecule has 7 rings (SSSR count). The van der Waals surface area contributed by atoms with Crippen LogP contribution in [0.15, 0.2) is 73.1 Å². The Morgan fingerprint density at radius 2 is 1.40 bits per heavy atom. The maximum Gasteiger partial charge on any atom is 0.407 e. The number of nitrogens with two attached hydrogens (primary N) is 1. The Balaban J connectivity index is 0.000000560. The third kappa shape index (κ3) is 15.3. The maximum atomic E-state index is 15.1. The summed E-state index contributed by atoms with van der Waals surface area (Å²) in [4.78, 5) is 61.2. The number of carbonyl (C=O) groups is 4. The molecule has 25 heteroatoms. The van der Waals surface area contributed by atoms with Gasteiger partial charge in [-0.25, -0.2) is 22.9 Å². The second kappa shape index (κ2) is 26.1. The number of benzene rings is 2. The smallest absolute Gasteiger partial charge is 0.407 e. The quantitative estimate of drug-likeness (QED) is 0.0398. The lowest BCUT2D eigenvalue weighted by Crippen LogP contribution is -2.62. The number of anilines is 1. The average Bonchev–Trinajstić information content (AvgIpc) is 3.61. The highest BCUT2D eigenvalue weighted by molar-refractivity contribution is 5.87. The van der Waals surface area contributed by atoms with Crippen LogP contribution in [0.4, 0.5) is 50.1 Å². The molecule has 0 saturated carbocycles. The molecule has 5 heterocycles. The highest BCUT2D eigenvalue weighted by Gasteiger charge is 2.57. The van der Waals surface area contributed by atoms with Gasteiger partial charge in [-0.15, -0.1) is 0 Å². The number of hydrogen-bond acceptors (Lipinski definition) is 13. The van der Waals surface area contributed by atoms with Gasteiger partial charge in [0.15, 0.2) is 0 Å². The van der Waals surface area contributed by atoms with Crippen LogP contribution in [0.5, 0.6) is 0 Å². The van der Waals surface area contributed by atoms with Crippen LogP contribution in [0.2, 0.25) is 0 Å². The number of primary amides is 1. The zero-order valence-electron chi connectivity index (χ0n) is 44.6. The Kier molecular flexibility index (Phi) is 20.3. The number of piperazine rings is 1. The van der Waals surface area contributed by atoms with Crippen LogP contribution in [0.25, 0.3) is 11.3 Å². The summed E-state index contributed by atoms with van der Waals surface area (Å²) in [6, 6.07) is 12.8. The number of esters is 1. The molecule has 3 aliphatic rings. The molecule has 0 spiro atoms. The zero-order valence-corrected chi connectivity index (χ0v) is 44.6. The zero-order chi connectivity index (χ0) is 58.9. The molecule has 80 heavy (non-hydrogen) atoms. The molecule has 16 nitrogen and oxygen atoms in total. The molecule has 3 amide bonds. The van der Waals surface area contributed by atoms with Crippen LogP contribution in [-0.2, 0) is 41.6 Å². The van der Waals surface area contributed by atoms with Crippen molar-refractivity contribution < 1.29 is 78.0 Å². The molecular weight excluding hydrogens is 1070 g/mol. The number of aliphatic hydroxyl groups excluding tert-OH is 1. The largest absolute Gasteiger partial charge is 0.469 e. The van der Waals surface area contributed by atoms with Crippen LogP contribution in [-0.4, -0.2) is 140 Å². The van der Waals surface area contributed by atoms with Crippen LogP contribution < -0.4 is 26.6 Å². The number of hydrogen-bond donors (Lipinski definition) is 5. The van der Waals surface area contributed by atoms with Crippen molar-refractivity contribution in [3.8, 4) is 23.1 Å². The molecule has 3 fully saturated rings. The highest BCUT2D eigenvalue weighted by atomic mass is 19.4. The molecular formula is C55H63F9N8O8. The van der Waals surface area contributed by atoms with Gasteiger partial charge in [0.05, 0.1) is 74.5 Å². The Morgan fingerprint density at radius 3 is 1.91 bits per heavy atom. The van der Waals surface area contributed by atoms with Gasteiger partial charge < -0.3 is 45.9 Å². The second-order valence-corrected chi connectivity index (χ2v) is 20.8. The first kappa shape index (κ1) is 62.2. The predicted octanol–water partition coefficient (Wildman–Crippen LogP) is 6.74. The molecule has 3 aliphatic heterocycles. The van der Waals surface area contributed by atoms with E-state index in [4.69, 9.17) is 15.5 Å². The van der Waals surface area contributed by atoms with Gasteiger partial charge in [-0.2, -0.15) is 26.3 Å². The van der Waals surface area contributed by atoms with Gasteiger partial charge in [-0.1, -0.05) is 37.8 Å². The predicted molar refractivity (Wildman–Crippen MR) is 273 cm³/mol. The fourth-order valence-corrected chi connectivity index (χ4v) is 9.48. The standard InChI is InChI=1S/C46H49F6N7O5.C9H14F3NO3/c1-45(2,46(50,51)52)42(57-44(62)63-3)43(61)56-39(40(60)22-53-21-35-36(48)17-30(18-37(35)49)38-19-31(47)14-15-54-38)16-28-7-4-27(5-8-28)6-9-29-10-13-41(55-20-29)58-23-32-11-12-33(24-58)59(32)34-25-64-26-34;1-8(2,9(10,11)12)5(7(13)15)4-6(14)16-3/h4-5,7-8,10,13-15,17-20,32-34,39-40,42,53,60H,11-12,16,21-26H2,1-3H3,(H,56,61)(H,57,62);5H,4H2,1-3H3,(H2,13,15)/t32?,33?,39-,40-,42+;5-/m01/s1. The first-order valence-corrected chi connectivity index (χ1v) is 25.3. The fraction of sp³-hybridized carbons (Fsp3) is 0.491. The number of fused-ring (bicyclic) bond motifs is 2. The van der Waals surface area contributed by atoms with E-state index in [1.807, 2.05) is 17.4 Å². The number of rotatable bonds is 18. The number of nitrogens with one attached hydrogen (secondary N) is 3. The van der Waals surface area contributed by atoms with Crippen molar-refractivity contribution in [1.82, 2.24) is 30.8 Å². The normalized spacial score (nSPS) is 18.2. The fourth-order valence-electron chi connectivity index (χ4n) is 9.48. The van der Waals surface area contributed by atoms with Crippen molar-refractivity contribution >= 4 is 29.7 Å². The van der Waals surface area contributed by atoms with Gasteiger partial charge in [0.25, 0.3) is 0 Å². The van der Waals surface area contributed by atoms with E-state index < -0.39 is 114 Å². The summed E-state index contributed by atoms with van der Waals surface area (Å²) in [5.41, 5.74) is 1.18. The van der Waals surface area contributed by atoms with Crippen LogP contribution in [0.3, 0.4) is 0 Å². The number of nitrogens with zero attached hydrogens (tertiary/aromatic N) is 4. The van der Waals surface area contributed by atoms with E-state index in [9.17, 15) is 55.0 Å². The van der Waals surface area contributed by atoms with Crippen molar-refractivity contribution in [2.75, 3.05) is 52.0 Å². The lowest BCUT2D eigenvalue weighted by atomic mass is 9.76. The molecule has 2 aromatic heterocycles. The van der Waals surface area contributed by atoms with Crippen LogP contribution >= 0.6 is 0 Å². The molecule has 0 radical (unpaired) electrons. The summed E-state index contributed by atoms with van der Waals surface area (Å²) in [7, 11) is 1.96. The first-order valence-electron chi connectivity index (χ1n) is 25.3. The topological polar surface area (TPSA) is 211 Å². The van der Waals surface area contributed by atoms with Gasteiger partial charge in [0.2, 0.25) is 11.8 Å². The van der Waals surface area contributed by atoms with Crippen molar-refractivity contribution in [2.45, 2.75) is 109 Å². The van der Waals surface area contributed by atoms with E-state index >= 15 is 8.78 Å². The molecule has 0 aliphatic carbocycles. The van der Waals surface area contributed by atoms with Gasteiger partial charge in [0, 0.05) is 79.0 Å². The number of halogens is 9. The third-order valence-corrected chi connectivity index (χ3v) is 14.7. The Labute approximate surface area is 456 Å². The van der Waals surface area contributed by atoms with Gasteiger partial charge in [-0.3, -0.25) is 24.3 Å². The number of aromatic nitrogens is 2. The van der Waals surface area contributed by atoms with E-state index in [1.54, 1.807) is 30.5 Å². The highest BCUT2D eigenvalue weighted by Crippen LogP contribution is 2.45. The van der Waals surface area contributed by atoms with Crippen molar-refractivity contribution in [1.29, 1.82) is 0 Å². The number of alkyl carbamates (subject to hydrolysis) is 1. The number of pyridine rings is 2. The molecule has 2 unspecified atom stereocenters. The van der Waals surface area contributed by atoms with E-state index in [2.05, 4.69) is 46.7 Å². The summed E-state index contributed by atoms with van der Waals surface area (Å²) in [5, 5.41) is 18.5.